The minimum atomic E-state index is -0.810. The van der Waals surface area contributed by atoms with Gasteiger partial charge in [0.25, 0.3) is 0 Å². The highest BCUT2D eigenvalue weighted by Gasteiger charge is 2.54. The molecule has 1 aliphatic heterocycles. The van der Waals surface area contributed by atoms with E-state index in [1.807, 2.05) is 4.90 Å². The number of aliphatic carboxylic acids is 1. The summed E-state index contributed by atoms with van der Waals surface area (Å²) in [6, 6.07) is 6.39. The van der Waals surface area contributed by atoms with Crippen LogP contribution in [0, 0.1) is 29.5 Å². The minimum Gasteiger partial charge on any atom is -0.481 e. The number of anilines is 1. The maximum absolute atomic E-state index is 13.1. The Labute approximate surface area is 146 Å². The molecule has 0 aromatic heterocycles. The number of amides is 1. The van der Waals surface area contributed by atoms with Crippen LogP contribution < -0.4 is 4.90 Å². The van der Waals surface area contributed by atoms with E-state index >= 15 is 0 Å². The Morgan fingerprint density at radius 1 is 0.960 bits per heavy atom. The third kappa shape index (κ3) is 2.87. The largest absolute Gasteiger partial charge is 0.481 e. The number of nitrogens with zero attached hydrogens (tertiary/aromatic N) is 2. The molecule has 134 valence electrons. The first kappa shape index (κ1) is 16.4. The van der Waals surface area contributed by atoms with Crippen LogP contribution in [0.1, 0.15) is 19.3 Å². The van der Waals surface area contributed by atoms with Crippen molar-refractivity contribution in [3.8, 4) is 0 Å². The third-order valence-electron chi connectivity index (χ3n) is 6.27. The van der Waals surface area contributed by atoms with Gasteiger partial charge in [0.2, 0.25) is 5.91 Å². The molecule has 1 aromatic rings. The van der Waals surface area contributed by atoms with Crippen molar-refractivity contribution in [3.05, 3.63) is 30.1 Å². The zero-order valence-electron chi connectivity index (χ0n) is 14.1. The van der Waals surface area contributed by atoms with Crippen molar-refractivity contribution < 1.29 is 19.1 Å². The molecule has 2 aliphatic carbocycles. The van der Waals surface area contributed by atoms with Gasteiger partial charge in [0.15, 0.2) is 0 Å². The summed E-state index contributed by atoms with van der Waals surface area (Å²) in [5.74, 6) is -1.46. The van der Waals surface area contributed by atoms with Gasteiger partial charge in [0.05, 0.1) is 11.8 Å². The number of rotatable bonds is 3. The number of hydrogen-bond acceptors (Lipinski definition) is 3. The summed E-state index contributed by atoms with van der Waals surface area (Å²) in [6.45, 7) is 2.57. The molecule has 3 aliphatic rings. The lowest BCUT2D eigenvalue weighted by atomic mass is 9.78. The van der Waals surface area contributed by atoms with E-state index in [4.69, 9.17) is 0 Å². The quantitative estimate of drug-likeness (QED) is 0.912. The maximum atomic E-state index is 13.1. The second kappa shape index (κ2) is 6.32. The fourth-order valence-corrected chi connectivity index (χ4v) is 5.05. The Morgan fingerprint density at radius 2 is 1.56 bits per heavy atom. The maximum Gasteiger partial charge on any atom is 0.307 e. The van der Waals surface area contributed by atoms with Crippen molar-refractivity contribution in [1.82, 2.24) is 4.90 Å². The highest BCUT2D eigenvalue weighted by atomic mass is 19.1. The standard InChI is InChI=1S/C19H23FN2O3/c20-14-3-5-15(6-4-14)21-7-9-22(10-8-21)18(23)16-12-1-2-13(11-12)17(16)19(24)25/h3-6,12-13,16-17H,1-2,7-11H2,(H,24,25)/t12-,13+,16+,17+/m1/s1. The average Bonchev–Trinajstić information content (AvgIpc) is 3.23. The molecule has 2 bridgehead atoms. The van der Waals surface area contributed by atoms with Gasteiger partial charge in [-0.15, -0.1) is 0 Å². The lowest BCUT2D eigenvalue weighted by Crippen LogP contribution is -2.52. The molecule has 4 atom stereocenters. The fraction of sp³-hybridized carbons (Fsp3) is 0.579. The minimum absolute atomic E-state index is 0.0263. The molecule has 6 heteroatoms. The number of hydrogen-bond donors (Lipinski definition) is 1. The van der Waals surface area contributed by atoms with Crippen LogP contribution in [-0.2, 0) is 9.59 Å². The predicted molar refractivity (Wildman–Crippen MR) is 90.6 cm³/mol. The van der Waals surface area contributed by atoms with Crippen molar-refractivity contribution in [2.24, 2.45) is 23.7 Å². The van der Waals surface area contributed by atoms with Gasteiger partial charge in [0, 0.05) is 31.9 Å². The Morgan fingerprint density at radius 3 is 2.16 bits per heavy atom. The third-order valence-corrected chi connectivity index (χ3v) is 6.27. The molecule has 0 radical (unpaired) electrons. The molecule has 0 unspecified atom stereocenters. The van der Waals surface area contributed by atoms with Crippen molar-refractivity contribution in [2.75, 3.05) is 31.1 Å². The first-order chi connectivity index (χ1) is 12.0. The highest BCUT2D eigenvalue weighted by Crippen LogP contribution is 2.53. The van der Waals surface area contributed by atoms with Crippen LogP contribution in [0.4, 0.5) is 10.1 Å². The molecule has 25 heavy (non-hydrogen) atoms. The summed E-state index contributed by atoms with van der Waals surface area (Å²) in [5.41, 5.74) is 0.955. The number of carbonyl (C=O) groups excluding carboxylic acids is 1. The summed E-state index contributed by atoms with van der Waals surface area (Å²) in [7, 11) is 0. The molecule has 1 heterocycles. The molecule has 5 nitrogen and oxygen atoms in total. The van der Waals surface area contributed by atoms with Crippen molar-refractivity contribution in [2.45, 2.75) is 19.3 Å². The summed E-state index contributed by atoms with van der Waals surface area (Å²) >= 11 is 0. The van der Waals surface area contributed by atoms with Gasteiger partial charge < -0.3 is 14.9 Å². The molecule has 1 saturated heterocycles. The number of carboxylic acid groups (broad SMARTS) is 1. The van der Waals surface area contributed by atoms with Crippen LogP contribution >= 0.6 is 0 Å². The van der Waals surface area contributed by atoms with E-state index in [1.165, 1.54) is 12.1 Å². The topological polar surface area (TPSA) is 60.9 Å². The summed E-state index contributed by atoms with van der Waals surface area (Å²) < 4.78 is 13.1. The molecular formula is C19H23FN2O3. The van der Waals surface area contributed by atoms with Crippen molar-refractivity contribution in [1.29, 1.82) is 0 Å². The van der Waals surface area contributed by atoms with E-state index in [0.717, 1.165) is 24.9 Å². The molecule has 2 saturated carbocycles. The van der Waals surface area contributed by atoms with Gasteiger partial charge in [-0.1, -0.05) is 0 Å². The van der Waals surface area contributed by atoms with E-state index in [2.05, 4.69) is 4.90 Å². The van der Waals surface area contributed by atoms with Crippen LogP contribution in [0.3, 0.4) is 0 Å². The Hall–Kier alpha value is -2.11. The Kier molecular flexibility index (Phi) is 4.13. The van der Waals surface area contributed by atoms with E-state index in [0.29, 0.717) is 26.2 Å². The van der Waals surface area contributed by atoms with Gasteiger partial charge in [-0.05, 0) is 55.4 Å². The van der Waals surface area contributed by atoms with E-state index in [1.54, 1.807) is 12.1 Å². The number of benzene rings is 1. The number of fused-ring (bicyclic) bond motifs is 2. The zero-order chi connectivity index (χ0) is 17.6. The molecule has 1 aromatic carbocycles. The van der Waals surface area contributed by atoms with Crippen molar-refractivity contribution in [3.63, 3.8) is 0 Å². The number of piperazine rings is 1. The van der Waals surface area contributed by atoms with Gasteiger partial charge in [0.1, 0.15) is 5.82 Å². The van der Waals surface area contributed by atoms with E-state index in [-0.39, 0.29) is 29.5 Å². The van der Waals surface area contributed by atoms with Crippen LogP contribution in [-0.4, -0.2) is 48.1 Å². The molecule has 1 N–H and O–H groups in total. The molecule has 1 amide bonds. The second-order valence-electron chi connectivity index (χ2n) is 7.51. The molecular weight excluding hydrogens is 323 g/mol. The van der Waals surface area contributed by atoms with Crippen LogP contribution in [0.15, 0.2) is 24.3 Å². The predicted octanol–water partition coefficient (Wildman–Crippen LogP) is 2.22. The van der Waals surface area contributed by atoms with Crippen LogP contribution in [0.2, 0.25) is 0 Å². The lowest BCUT2D eigenvalue weighted by Gasteiger charge is -2.39. The first-order valence-electron chi connectivity index (χ1n) is 9.06. The molecule has 4 rings (SSSR count). The molecule has 3 fully saturated rings. The van der Waals surface area contributed by atoms with E-state index < -0.39 is 11.9 Å². The average molecular weight is 346 g/mol. The zero-order valence-corrected chi connectivity index (χ0v) is 14.1. The Balaban J connectivity index is 1.41. The Bertz CT molecular complexity index is 670. The van der Waals surface area contributed by atoms with Gasteiger partial charge in [-0.25, -0.2) is 4.39 Å². The second-order valence-corrected chi connectivity index (χ2v) is 7.51. The summed E-state index contributed by atoms with van der Waals surface area (Å²) in [6.07, 6.45) is 2.83. The summed E-state index contributed by atoms with van der Waals surface area (Å²) in [4.78, 5) is 28.6. The first-order valence-corrected chi connectivity index (χ1v) is 9.06. The number of carbonyl (C=O) groups is 2. The number of halogens is 1. The molecule has 0 spiro atoms. The van der Waals surface area contributed by atoms with Crippen molar-refractivity contribution >= 4 is 17.6 Å². The van der Waals surface area contributed by atoms with Gasteiger partial charge in [-0.2, -0.15) is 0 Å². The van der Waals surface area contributed by atoms with Gasteiger partial charge >= 0.3 is 5.97 Å². The van der Waals surface area contributed by atoms with E-state index in [9.17, 15) is 19.1 Å². The summed E-state index contributed by atoms with van der Waals surface area (Å²) in [5, 5.41) is 9.56. The normalized spacial score (nSPS) is 31.4. The van der Waals surface area contributed by atoms with Gasteiger partial charge in [-0.3, -0.25) is 9.59 Å². The lowest BCUT2D eigenvalue weighted by molar-refractivity contribution is -0.153. The monoisotopic (exact) mass is 346 g/mol. The van der Waals surface area contributed by atoms with Crippen LogP contribution in [0.25, 0.3) is 0 Å². The SMILES string of the molecule is O=C(O)[C@H]1[C@H]2CC[C@H](C2)[C@@H]1C(=O)N1CCN(c2ccc(F)cc2)CC1. The highest BCUT2D eigenvalue weighted by molar-refractivity contribution is 5.86. The fourth-order valence-electron chi connectivity index (χ4n) is 5.05. The van der Waals surface area contributed by atoms with Crippen LogP contribution in [0.5, 0.6) is 0 Å². The smallest absolute Gasteiger partial charge is 0.307 e. The number of carboxylic acids is 1.